The SMILES string of the molecule is CNc1nnc(C(=O)NC2CCCCCCC2)s1. The summed E-state index contributed by atoms with van der Waals surface area (Å²) in [6.45, 7) is 0. The first-order valence-corrected chi connectivity index (χ1v) is 7.43. The Hall–Kier alpha value is -1.17. The Morgan fingerprint density at radius 2 is 1.83 bits per heavy atom. The molecular weight excluding hydrogens is 248 g/mol. The average molecular weight is 268 g/mol. The molecule has 5 nitrogen and oxygen atoms in total. The minimum absolute atomic E-state index is 0.0837. The van der Waals surface area contributed by atoms with Crippen LogP contribution >= 0.6 is 11.3 Å². The van der Waals surface area contributed by atoms with Gasteiger partial charge in [-0.2, -0.15) is 0 Å². The first kappa shape index (κ1) is 13.3. The van der Waals surface area contributed by atoms with Gasteiger partial charge in [-0.25, -0.2) is 0 Å². The second kappa shape index (κ2) is 6.68. The van der Waals surface area contributed by atoms with Gasteiger partial charge in [0.05, 0.1) is 0 Å². The lowest BCUT2D eigenvalue weighted by molar-refractivity contribution is 0.0929. The predicted molar refractivity (Wildman–Crippen MR) is 73.0 cm³/mol. The predicted octanol–water partition coefficient (Wildman–Crippen LogP) is 2.42. The minimum Gasteiger partial charge on any atom is -0.363 e. The standard InChI is InChI=1S/C12H20N4OS/c1-13-12-16-15-11(18-12)10(17)14-9-7-5-3-2-4-6-8-9/h9H,2-8H2,1H3,(H,13,16)(H,14,17). The summed E-state index contributed by atoms with van der Waals surface area (Å²) in [6, 6.07) is 0.305. The topological polar surface area (TPSA) is 66.9 Å². The van der Waals surface area contributed by atoms with Gasteiger partial charge in [-0.1, -0.05) is 43.4 Å². The highest BCUT2D eigenvalue weighted by molar-refractivity contribution is 7.17. The third-order valence-electron chi connectivity index (χ3n) is 3.27. The van der Waals surface area contributed by atoms with Crippen molar-refractivity contribution in [1.29, 1.82) is 0 Å². The molecule has 100 valence electrons. The van der Waals surface area contributed by atoms with Crippen molar-refractivity contribution in [1.82, 2.24) is 15.5 Å². The molecule has 0 aliphatic heterocycles. The summed E-state index contributed by atoms with van der Waals surface area (Å²) in [5.41, 5.74) is 0. The molecular formula is C12H20N4OS. The highest BCUT2D eigenvalue weighted by Gasteiger charge is 2.18. The first-order chi connectivity index (χ1) is 8.79. The molecule has 2 N–H and O–H groups in total. The molecule has 6 heteroatoms. The number of nitrogens with zero attached hydrogens (tertiary/aromatic N) is 2. The zero-order valence-corrected chi connectivity index (χ0v) is 11.6. The summed E-state index contributed by atoms with van der Waals surface area (Å²) in [6.07, 6.45) is 8.51. The normalized spacial score (nSPS) is 17.8. The monoisotopic (exact) mass is 268 g/mol. The van der Waals surface area contributed by atoms with E-state index < -0.39 is 0 Å². The minimum atomic E-state index is -0.0837. The van der Waals surface area contributed by atoms with Crippen LogP contribution in [0.25, 0.3) is 0 Å². The maximum atomic E-state index is 12.0. The zero-order valence-electron chi connectivity index (χ0n) is 10.7. The highest BCUT2D eigenvalue weighted by atomic mass is 32.1. The molecule has 0 saturated heterocycles. The van der Waals surface area contributed by atoms with E-state index in [0.29, 0.717) is 16.2 Å². The maximum absolute atomic E-state index is 12.0. The van der Waals surface area contributed by atoms with E-state index in [1.54, 1.807) is 7.05 Å². The lowest BCUT2D eigenvalue weighted by Crippen LogP contribution is -2.35. The van der Waals surface area contributed by atoms with Crippen LogP contribution in [-0.4, -0.2) is 29.2 Å². The van der Waals surface area contributed by atoms with Gasteiger partial charge < -0.3 is 10.6 Å². The Morgan fingerprint density at radius 1 is 1.17 bits per heavy atom. The van der Waals surface area contributed by atoms with Crippen LogP contribution in [0, 0.1) is 0 Å². The summed E-state index contributed by atoms with van der Waals surface area (Å²) >= 11 is 1.29. The van der Waals surface area contributed by atoms with Crippen LogP contribution in [0.5, 0.6) is 0 Å². The molecule has 1 saturated carbocycles. The number of carbonyl (C=O) groups is 1. The molecule has 0 aromatic carbocycles. The largest absolute Gasteiger partial charge is 0.363 e. The molecule has 0 unspecified atom stereocenters. The van der Waals surface area contributed by atoms with Crippen LogP contribution in [-0.2, 0) is 0 Å². The molecule has 1 aliphatic rings. The molecule has 0 spiro atoms. The third kappa shape index (κ3) is 3.66. The zero-order chi connectivity index (χ0) is 12.8. The van der Waals surface area contributed by atoms with Crippen LogP contribution in [0.15, 0.2) is 0 Å². The molecule has 1 aliphatic carbocycles. The summed E-state index contributed by atoms with van der Waals surface area (Å²) in [5.74, 6) is -0.0837. The molecule has 0 bridgehead atoms. The van der Waals surface area contributed by atoms with Gasteiger partial charge in [-0.3, -0.25) is 4.79 Å². The van der Waals surface area contributed by atoms with Crippen LogP contribution in [0.3, 0.4) is 0 Å². The fraction of sp³-hybridized carbons (Fsp3) is 0.750. The van der Waals surface area contributed by atoms with Gasteiger partial charge in [-0.15, -0.1) is 10.2 Å². The highest BCUT2D eigenvalue weighted by Crippen LogP contribution is 2.19. The van der Waals surface area contributed by atoms with Crippen molar-refractivity contribution < 1.29 is 4.79 Å². The van der Waals surface area contributed by atoms with Crippen LogP contribution in [0.1, 0.15) is 54.7 Å². The number of hydrogen-bond acceptors (Lipinski definition) is 5. The van der Waals surface area contributed by atoms with Crippen LogP contribution < -0.4 is 10.6 Å². The Bertz CT molecular complexity index is 385. The van der Waals surface area contributed by atoms with Crippen molar-refractivity contribution in [3.8, 4) is 0 Å². The van der Waals surface area contributed by atoms with Gasteiger partial charge in [-0.05, 0) is 12.8 Å². The van der Waals surface area contributed by atoms with Crippen molar-refractivity contribution in [2.45, 2.75) is 51.0 Å². The lowest BCUT2D eigenvalue weighted by Gasteiger charge is -2.20. The Labute approximate surface area is 111 Å². The Balaban J connectivity index is 1.88. The van der Waals surface area contributed by atoms with Crippen molar-refractivity contribution in [2.24, 2.45) is 0 Å². The lowest BCUT2D eigenvalue weighted by atomic mass is 9.97. The van der Waals surface area contributed by atoms with E-state index >= 15 is 0 Å². The van der Waals surface area contributed by atoms with Crippen molar-refractivity contribution in [3.63, 3.8) is 0 Å². The summed E-state index contributed by atoms with van der Waals surface area (Å²) < 4.78 is 0. The summed E-state index contributed by atoms with van der Waals surface area (Å²) in [5, 5.41) is 14.9. The van der Waals surface area contributed by atoms with E-state index in [9.17, 15) is 4.79 Å². The Morgan fingerprint density at radius 3 is 2.44 bits per heavy atom. The number of hydrogen-bond donors (Lipinski definition) is 2. The quantitative estimate of drug-likeness (QED) is 0.883. The Kier molecular flexibility index (Phi) is 4.92. The van der Waals surface area contributed by atoms with Gasteiger partial charge in [0, 0.05) is 13.1 Å². The molecule has 1 aromatic rings. The third-order valence-corrected chi connectivity index (χ3v) is 4.21. The number of rotatable bonds is 3. The molecule has 1 heterocycles. The molecule has 0 atom stereocenters. The molecule has 1 fully saturated rings. The van der Waals surface area contributed by atoms with E-state index in [1.807, 2.05) is 0 Å². The van der Waals surface area contributed by atoms with E-state index in [4.69, 9.17) is 0 Å². The summed E-state index contributed by atoms with van der Waals surface area (Å²) in [7, 11) is 1.77. The van der Waals surface area contributed by atoms with Crippen molar-refractivity contribution >= 4 is 22.4 Å². The maximum Gasteiger partial charge on any atom is 0.282 e. The molecule has 0 radical (unpaired) electrons. The second-order valence-electron chi connectivity index (χ2n) is 4.68. The number of aromatic nitrogens is 2. The fourth-order valence-corrected chi connectivity index (χ4v) is 2.86. The van der Waals surface area contributed by atoms with Crippen LogP contribution in [0.2, 0.25) is 0 Å². The second-order valence-corrected chi connectivity index (χ2v) is 5.66. The molecule has 2 rings (SSSR count). The van der Waals surface area contributed by atoms with Gasteiger partial charge >= 0.3 is 0 Å². The van der Waals surface area contributed by atoms with E-state index in [0.717, 1.165) is 12.8 Å². The molecule has 1 amide bonds. The van der Waals surface area contributed by atoms with Gasteiger partial charge in [0.2, 0.25) is 10.1 Å². The smallest absolute Gasteiger partial charge is 0.282 e. The number of anilines is 1. The van der Waals surface area contributed by atoms with Gasteiger partial charge in [0.15, 0.2) is 0 Å². The van der Waals surface area contributed by atoms with Gasteiger partial charge in [0.25, 0.3) is 5.91 Å². The average Bonchev–Trinajstić information content (AvgIpc) is 2.81. The van der Waals surface area contributed by atoms with E-state index in [1.165, 1.54) is 43.4 Å². The number of carbonyl (C=O) groups excluding carboxylic acids is 1. The van der Waals surface area contributed by atoms with Gasteiger partial charge in [0.1, 0.15) is 0 Å². The summed E-state index contributed by atoms with van der Waals surface area (Å²) in [4.78, 5) is 12.0. The van der Waals surface area contributed by atoms with Crippen molar-refractivity contribution in [2.75, 3.05) is 12.4 Å². The van der Waals surface area contributed by atoms with E-state index in [2.05, 4.69) is 20.8 Å². The van der Waals surface area contributed by atoms with Crippen LogP contribution in [0.4, 0.5) is 5.13 Å². The number of nitrogens with one attached hydrogen (secondary N) is 2. The fourth-order valence-electron chi connectivity index (χ4n) is 2.26. The molecule has 18 heavy (non-hydrogen) atoms. The molecule has 1 aromatic heterocycles. The van der Waals surface area contributed by atoms with E-state index in [-0.39, 0.29) is 5.91 Å². The number of amides is 1. The first-order valence-electron chi connectivity index (χ1n) is 6.61. The van der Waals surface area contributed by atoms with Crippen molar-refractivity contribution in [3.05, 3.63) is 5.01 Å².